The molecule has 0 saturated carbocycles. The lowest BCUT2D eigenvalue weighted by molar-refractivity contribution is -0.188. The number of carbonyl (C=O) groups excluding carboxylic acids is 1. The molecule has 0 unspecified atom stereocenters. The number of aliphatic hydroxyl groups is 3. The third-order valence-corrected chi connectivity index (χ3v) is 4.51. The first-order chi connectivity index (χ1) is 11.4. The van der Waals surface area contributed by atoms with Crippen molar-refractivity contribution in [3.8, 4) is 0 Å². The molecular formula is C18H32O6. The topological polar surface area (TPSA) is 96.2 Å². The van der Waals surface area contributed by atoms with E-state index in [0.29, 0.717) is 12.2 Å². The first-order valence-electron chi connectivity index (χ1n) is 8.93. The first kappa shape index (κ1) is 21.1. The van der Waals surface area contributed by atoms with Crippen LogP contribution in [0.5, 0.6) is 0 Å². The van der Waals surface area contributed by atoms with E-state index in [4.69, 9.17) is 9.47 Å². The fourth-order valence-corrected chi connectivity index (χ4v) is 2.98. The second-order valence-corrected chi connectivity index (χ2v) is 6.47. The zero-order valence-corrected chi connectivity index (χ0v) is 15.0. The van der Waals surface area contributed by atoms with Crippen LogP contribution in [0.4, 0.5) is 0 Å². The minimum atomic E-state index is -1.18. The lowest BCUT2D eigenvalue weighted by Crippen LogP contribution is -2.54. The van der Waals surface area contributed by atoms with E-state index in [1.165, 1.54) is 6.08 Å². The Kier molecular flexibility index (Phi) is 9.51. The molecular weight excluding hydrogens is 312 g/mol. The summed E-state index contributed by atoms with van der Waals surface area (Å²) < 4.78 is 10.4. The fourth-order valence-electron chi connectivity index (χ4n) is 2.98. The maximum absolute atomic E-state index is 11.4. The van der Waals surface area contributed by atoms with Crippen LogP contribution in [0.15, 0.2) is 11.6 Å². The number of unbranched alkanes of at least 4 members (excludes halogenated alkanes) is 3. The number of esters is 1. The molecule has 5 atom stereocenters. The van der Waals surface area contributed by atoms with Gasteiger partial charge in [-0.2, -0.15) is 0 Å². The zero-order valence-electron chi connectivity index (χ0n) is 15.0. The molecule has 1 heterocycles. The number of carbonyl (C=O) groups is 1. The fraction of sp³-hybridized carbons (Fsp3) is 0.833. The molecule has 0 aromatic carbocycles. The normalized spacial score (nSPS) is 29.3. The molecule has 1 aliphatic heterocycles. The van der Waals surface area contributed by atoms with Gasteiger partial charge in [-0.25, -0.2) is 4.79 Å². The van der Waals surface area contributed by atoms with E-state index in [0.717, 1.165) is 32.1 Å². The number of hydrogen-bond donors (Lipinski definition) is 3. The summed E-state index contributed by atoms with van der Waals surface area (Å²) in [5.41, 5.74) is 0.339. The molecule has 1 fully saturated rings. The summed E-state index contributed by atoms with van der Waals surface area (Å²) in [6.07, 6.45) is 2.14. The molecule has 0 spiro atoms. The van der Waals surface area contributed by atoms with Crippen molar-refractivity contribution in [2.75, 3.05) is 13.2 Å². The monoisotopic (exact) mass is 344 g/mol. The molecule has 6 heteroatoms. The molecule has 0 amide bonds. The molecule has 0 bridgehead atoms. The Balaban J connectivity index is 2.58. The number of hydrogen-bond acceptors (Lipinski definition) is 6. The van der Waals surface area contributed by atoms with Crippen LogP contribution >= 0.6 is 0 Å². The van der Waals surface area contributed by atoms with Gasteiger partial charge < -0.3 is 24.8 Å². The van der Waals surface area contributed by atoms with Gasteiger partial charge in [0.2, 0.25) is 0 Å². The first-order valence-corrected chi connectivity index (χ1v) is 8.93. The van der Waals surface area contributed by atoms with Gasteiger partial charge in [-0.3, -0.25) is 0 Å². The standard InChI is InChI=1S/C18H32O6/c1-4-6-7-8-9-13-11-24-18(17(22)16(13)21)15(20)12(3)10-14(19)23-5-2/h10,13,15-18,20-22H,4-9,11H2,1-3H3/b12-10+/t13-,15+,16+,17+,18-/m0/s1. The van der Waals surface area contributed by atoms with Crippen molar-refractivity contribution in [2.24, 2.45) is 5.92 Å². The Bertz CT molecular complexity index is 408. The maximum atomic E-state index is 11.4. The average molecular weight is 344 g/mol. The lowest BCUT2D eigenvalue weighted by atomic mass is 9.85. The van der Waals surface area contributed by atoms with E-state index in [1.54, 1.807) is 13.8 Å². The zero-order chi connectivity index (χ0) is 18.1. The molecule has 1 aliphatic rings. The van der Waals surface area contributed by atoms with Crippen molar-refractivity contribution in [1.29, 1.82) is 0 Å². The van der Waals surface area contributed by atoms with Crippen molar-refractivity contribution in [2.45, 2.75) is 77.3 Å². The van der Waals surface area contributed by atoms with E-state index < -0.39 is 30.4 Å². The minimum absolute atomic E-state index is 0.130. The van der Waals surface area contributed by atoms with Crippen molar-refractivity contribution >= 4 is 5.97 Å². The Morgan fingerprint density at radius 3 is 2.58 bits per heavy atom. The van der Waals surface area contributed by atoms with Crippen LogP contribution < -0.4 is 0 Å². The Hall–Kier alpha value is -0.950. The largest absolute Gasteiger partial charge is 0.463 e. The smallest absolute Gasteiger partial charge is 0.330 e. The Morgan fingerprint density at radius 1 is 1.25 bits per heavy atom. The predicted molar refractivity (Wildman–Crippen MR) is 90.4 cm³/mol. The van der Waals surface area contributed by atoms with Gasteiger partial charge in [0.1, 0.15) is 18.3 Å². The molecule has 0 aromatic rings. The van der Waals surface area contributed by atoms with Gasteiger partial charge in [-0.05, 0) is 25.8 Å². The minimum Gasteiger partial charge on any atom is -0.463 e. The summed E-state index contributed by atoms with van der Waals surface area (Å²) in [7, 11) is 0. The number of aliphatic hydroxyl groups excluding tert-OH is 3. The highest BCUT2D eigenvalue weighted by molar-refractivity contribution is 5.82. The quantitative estimate of drug-likeness (QED) is 0.334. The molecule has 0 aliphatic carbocycles. The second-order valence-electron chi connectivity index (χ2n) is 6.47. The van der Waals surface area contributed by atoms with Gasteiger partial charge in [0, 0.05) is 12.0 Å². The van der Waals surface area contributed by atoms with Gasteiger partial charge >= 0.3 is 5.97 Å². The summed E-state index contributed by atoms with van der Waals surface area (Å²) in [5.74, 6) is -0.677. The summed E-state index contributed by atoms with van der Waals surface area (Å²) in [4.78, 5) is 11.4. The van der Waals surface area contributed by atoms with Crippen LogP contribution in [0.1, 0.15) is 52.9 Å². The van der Waals surface area contributed by atoms with Crippen LogP contribution in [0, 0.1) is 5.92 Å². The molecule has 24 heavy (non-hydrogen) atoms. The third kappa shape index (κ3) is 6.16. The van der Waals surface area contributed by atoms with Crippen LogP contribution in [0.25, 0.3) is 0 Å². The van der Waals surface area contributed by atoms with Gasteiger partial charge in [0.05, 0.1) is 19.3 Å². The van der Waals surface area contributed by atoms with E-state index in [-0.39, 0.29) is 12.5 Å². The highest BCUT2D eigenvalue weighted by Gasteiger charge is 2.41. The van der Waals surface area contributed by atoms with Gasteiger partial charge in [-0.15, -0.1) is 0 Å². The highest BCUT2D eigenvalue weighted by Crippen LogP contribution is 2.28. The van der Waals surface area contributed by atoms with Crippen LogP contribution in [-0.2, 0) is 14.3 Å². The van der Waals surface area contributed by atoms with Gasteiger partial charge in [0.25, 0.3) is 0 Å². The summed E-state index contributed by atoms with van der Waals surface area (Å²) in [6, 6.07) is 0. The van der Waals surface area contributed by atoms with E-state index in [9.17, 15) is 20.1 Å². The van der Waals surface area contributed by atoms with E-state index >= 15 is 0 Å². The third-order valence-electron chi connectivity index (χ3n) is 4.51. The Morgan fingerprint density at radius 2 is 1.96 bits per heavy atom. The average Bonchev–Trinajstić information content (AvgIpc) is 2.55. The molecule has 0 radical (unpaired) electrons. The predicted octanol–water partition coefficient (Wildman–Crippen LogP) is 1.56. The maximum Gasteiger partial charge on any atom is 0.330 e. The molecule has 0 aromatic heterocycles. The molecule has 1 saturated heterocycles. The number of ether oxygens (including phenoxy) is 2. The molecule has 140 valence electrons. The Labute approximate surface area is 144 Å². The lowest BCUT2D eigenvalue weighted by Gasteiger charge is -2.40. The van der Waals surface area contributed by atoms with Crippen molar-refractivity contribution in [3.63, 3.8) is 0 Å². The van der Waals surface area contributed by atoms with Gasteiger partial charge in [-0.1, -0.05) is 32.6 Å². The molecule has 3 N–H and O–H groups in total. The van der Waals surface area contributed by atoms with Crippen molar-refractivity contribution in [3.05, 3.63) is 11.6 Å². The molecule has 6 nitrogen and oxygen atoms in total. The number of rotatable bonds is 9. The van der Waals surface area contributed by atoms with Crippen molar-refractivity contribution < 1.29 is 29.6 Å². The summed E-state index contributed by atoms with van der Waals surface area (Å²) in [5, 5.41) is 30.9. The van der Waals surface area contributed by atoms with Gasteiger partial charge in [0.15, 0.2) is 0 Å². The second kappa shape index (κ2) is 10.8. The highest BCUT2D eigenvalue weighted by atomic mass is 16.5. The van der Waals surface area contributed by atoms with E-state index in [2.05, 4.69) is 6.92 Å². The van der Waals surface area contributed by atoms with Crippen LogP contribution in [-0.4, -0.2) is 58.9 Å². The van der Waals surface area contributed by atoms with Crippen LogP contribution in [0.3, 0.4) is 0 Å². The summed E-state index contributed by atoms with van der Waals surface area (Å²) >= 11 is 0. The summed E-state index contributed by atoms with van der Waals surface area (Å²) in [6.45, 7) is 5.95. The van der Waals surface area contributed by atoms with E-state index in [1.807, 2.05) is 0 Å². The van der Waals surface area contributed by atoms with Crippen LogP contribution in [0.2, 0.25) is 0 Å². The SMILES string of the molecule is CCCCCC[C@H]1CO[C@@H]([C@H](O)/C(C)=C/C(=O)OCC)[C@H](O)[C@@H]1O. The van der Waals surface area contributed by atoms with Crippen molar-refractivity contribution in [1.82, 2.24) is 0 Å². The molecule has 1 rings (SSSR count).